The van der Waals surface area contributed by atoms with Crippen LogP contribution in [0.2, 0.25) is 0 Å². The van der Waals surface area contributed by atoms with E-state index in [2.05, 4.69) is 67.1 Å². The van der Waals surface area contributed by atoms with Crippen molar-refractivity contribution in [1.82, 2.24) is 0 Å². The fraction of sp³-hybridized carbons (Fsp3) is 1.00. The van der Waals surface area contributed by atoms with Crippen molar-refractivity contribution in [3.8, 4) is 0 Å². The molecular weight excluding hydrogens is 184 g/mol. The van der Waals surface area contributed by atoms with Gasteiger partial charge >= 0.3 is 0 Å². The molecule has 0 radical (unpaired) electrons. The van der Waals surface area contributed by atoms with Crippen LogP contribution in [0.4, 0.5) is 0 Å². The second-order valence-corrected chi connectivity index (χ2v) is 5.85. The van der Waals surface area contributed by atoms with Crippen LogP contribution in [0.3, 0.4) is 0 Å². The van der Waals surface area contributed by atoms with Gasteiger partial charge in [0.1, 0.15) is 0 Å². The molecule has 0 fully saturated rings. The SMILES string of the molecule is CC(C)(C)C.CC(C)C.CCC.COC. The van der Waals surface area contributed by atoms with Crippen molar-refractivity contribution < 1.29 is 4.74 Å². The molecule has 0 N–H and O–H groups in total. The van der Waals surface area contributed by atoms with Crippen LogP contribution < -0.4 is 0 Å². The molecule has 0 rings (SSSR count). The molecule has 0 aromatic carbocycles. The molecule has 1 nitrogen and oxygen atoms in total. The highest BCUT2D eigenvalue weighted by Crippen LogP contribution is 2.08. The molecule has 0 aliphatic rings. The monoisotopic (exact) mass is 220 g/mol. The molecule has 0 unspecified atom stereocenters. The minimum absolute atomic E-state index is 0.500. The molecule has 0 aliphatic carbocycles. The van der Waals surface area contributed by atoms with Gasteiger partial charge in [0.05, 0.1) is 0 Å². The highest BCUT2D eigenvalue weighted by atomic mass is 16.4. The zero-order valence-corrected chi connectivity index (χ0v) is 13.2. The first-order chi connectivity index (χ1) is 6.56. The molecule has 98 valence electrons. The van der Waals surface area contributed by atoms with Gasteiger partial charge in [-0.25, -0.2) is 0 Å². The van der Waals surface area contributed by atoms with Crippen LogP contribution in [0.25, 0.3) is 0 Å². The lowest BCUT2D eigenvalue weighted by Crippen LogP contribution is -1.93. The lowest BCUT2D eigenvalue weighted by Gasteiger charge is -2.05. The lowest BCUT2D eigenvalue weighted by molar-refractivity contribution is 0.277. The summed E-state index contributed by atoms with van der Waals surface area (Å²) in [6.07, 6.45) is 1.25. The van der Waals surface area contributed by atoms with Crippen LogP contribution in [-0.2, 0) is 4.74 Å². The Morgan fingerprint density at radius 2 is 0.867 bits per heavy atom. The van der Waals surface area contributed by atoms with E-state index in [-0.39, 0.29) is 0 Å². The first kappa shape index (κ1) is 24.3. The topological polar surface area (TPSA) is 9.23 Å². The smallest absolute Gasteiger partial charge is 0.0351 e. The minimum Gasteiger partial charge on any atom is -0.388 e. The Bertz CT molecular complexity index is 59.1. The first-order valence-electron chi connectivity index (χ1n) is 5.96. The quantitative estimate of drug-likeness (QED) is 0.531. The molecular formula is C14H36O. The molecule has 0 spiro atoms. The summed E-state index contributed by atoms with van der Waals surface area (Å²) < 4.78 is 4.25. The number of ether oxygens (including phenoxy) is 1. The van der Waals surface area contributed by atoms with E-state index in [1.165, 1.54) is 6.42 Å². The Kier molecular flexibility index (Phi) is 31.6. The largest absolute Gasteiger partial charge is 0.388 e. The molecule has 1 heteroatoms. The summed E-state index contributed by atoms with van der Waals surface area (Å²) in [5.74, 6) is 0.833. The van der Waals surface area contributed by atoms with E-state index in [0.717, 1.165) is 5.92 Å². The van der Waals surface area contributed by atoms with Gasteiger partial charge < -0.3 is 4.74 Å². The zero-order valence-electron chi connectivity index (χ0n) is 13.2. The van der Waals surface area contributed by atoms with E-state index in [1.54, 1.807) is 14.2 Å². The maximum absolute atomic E-state index is 4.25. The predicted octanol–water partition coefficient (Wildman–Crippen LogP) is 5.39. The average Bonchev–Trinajstić information content (AvgIpc) is 1.82. The number of hydrogen-bond donors (Lipinski definition) is 0. The fourth-order valence-electron chi connectivity index (χ4n) is 0. The van der Waals surface area contributed by atoms with Gasteiger partial charge in [-0.15, -0.1) is 0 Å². The highest BCUT2D eigenvalue weighted by molar-refractivity contribution is 4.47. The van der Waals surface area contributed by atoms with Crippen molar-refractivity contribution >= 4 is 0 Å². The Morgan fingerprint density at radius 3 is 0.867 bits per heavy atom. The van der Waals surface area contributed by atoms with Gasteiger partial charge in [-0.3, -0.25) is 0 Å². The Morgan fingerprint density at radius 1 is 0.867 bits per heavy atom. The Balaban J connectivity index is -0.0000000553. The molecule has 0 aromatic rings. The van der Waals surface area contributed by atoms with E-state index in [1.807, 2.05) is 0 Å². The van der Waals surface area contributed by atoms with Crippen molar-refractivity contribution in [2.75, 3.05) is 14.2 Å². The Hall–Kier alpha value is -0.0400. The molecule has 0 saturated carbocycles. The van der Waals surface area contributed by atoms with Crippen molar-refractivity contribution in [3.63, 3.8) is 0 Å². The average molecular weight is 220 g/mol. The molecule has 0 amide bonds. The van der Waals surface area contributed by atoms with Crippen LogP contribution in [0.5, 0.6) is 0 Å². The number of hydrogen-bond acceptors (Lipinski definition) is 1. The van der Waals surface area contributed by atoms with Crippen LogP contribution in [-0.4, -0.2) is 14.2 Å². The number of rotatable bonds is 0. The molecule has 15 heavy (non-hydrogen) atoms. The highest BCUT2D eigenvalue weighted by Gasteiger charge is 1.95. The fourth-order valence-corrected chi connectivity index (χ4v) is 0. The molecule has 0 bridgehead atoms. The second kappa shape index (κ2) is 19.5. The summed E-state index contributed by atoms with van der Waals surface area (Å²) in [6, 6.07) is 0. The summed E-state index contributed by atoms with van der Waals surface area (Å²) >= 11 is 0. The van der Waals surface area contributed by atoms with Gasteiger partial charge in [0.2, 0.25) is 0 Å². The molecule has 0 heterocycles. The third-order valence-corrected chi connectivity index (χ3v) is 0. The van der Waals surface area contributed by atoms with Crippen molar-refractivity contribution in [2.45, 2.75) is 68.7 Å². The van der Waals surface area contributed by atoms with Gasteiger partial charge in [0.25, 0.3) is 0 Å². The van der Waals surface area contributed by atoms with Crippen LogP contribution in [0.1, 0.15) is 68.7 Å². The van der Waals surface area contributed by atoms with Crippen molar-refractivity contribution in [3.05, 3.63) is 0 Å². The second-order valence-electron chi connectivity index (χ2n) is 5.85. The standard InChI is InChI=1S/C5H12.C4H10.C3H8.C2H6O/c1-5(2,3)4;1-4(2)3;2*1-3-2/h1-4H3;4H,1-3H3;3H2,1-2H3;1-2H3. The predicted molar refractivity (Wildman–Crippen MR) is 74.5 cm³/mol. The van der Waals surface area contributed by atoms with E-state index in [4.69, 9.17) is 0 Å². The number of methoxy groups -OCH3 is 1. The van der Waals surface area contributed by atoms with Crippen molar-refractivity contribution in [1.29, 1.82) is 0 Å². The molecule has 0 atom stereocenters. The summed E-state index contributed by atoms with van der Waals surface area (Å²) in [5.41, 5.74) is 0.500. The van der Waals surface area contributed by atoms with E-state index < -0.39 is 0 Å². The van der Waals surface area contributed by atoms with Gasteiger partial charge in [0, 0.05) is 14.2 Å². The Labute approximate surface area is 99.6 Å². The van der Waals surface area contributed by atoms with E-state index in [0.29, 0.717) is 5.41 Å². The summed E-state index contributed by atoms with van der Waals surface area (Å²) in [7, 11) is 3.25. The van der Waals surface area contributed by atoms with Crippen molar-refractivity contribution in [2.24, 2.45) is 11.3 Å². The van der Waals surface area contributed by atoms with E-state index >= 15 is 0 Å². The third kappa shape index (κ3) is 1250000. The van der Waals surface area contributed by atoms with Gasteiger partial charge in [-0.1, -0.05) is 68.7 Å². The van der Waals surface area contributed by atoms with Gasteiger partial charge in [0.15, 0.2) is 0 Å². The summed E-state index contributed by atoms with van der Waals surface area (Å²) in [4.78, 5) is 0. The minimum atomic E-state index is 0.500. The van der Waals surface area contributed by atoms with Crippen LogP contribution in [0.15, 0.2) is 0 Å². The van der Waals surface area contributed by atoms with Crippen LogP contribution >= 0.6 is 0 Å². The summed E-state index contributed by atoms with van der Waals surface area (Å²) in [6.45, 7) is 19.5. The maximum Gasteiger partial charge on any atom is 0.0351 e. The molecule has 0 saturated heterocycles. The lowest BCUT2D eigenvalue weighted by atomic mass is 10.0. The molecule has 0 aromatic heterocycles. The van der Waals surface area contributed by atoms with Crippen LogP contribution in [0, 0.1) is 11.3 Å². The molecule has 0 aliphatic heterocycles. The maximum atomic E-state index is 4.25. The normalized spacial score (nSPS) is 8.80. The van der Waals surface area contributed by atoms with Gasteiger partial charge in [-0.05, 0) is 11.3 Å². The van der Waals surface area contributed by atoms with E-state index in [9.17, 15) is 0 Å². The third-order valence-electron chi connectivity index (χ3n) is 0. The summed E-state index contributed by atoms with van der Waals surface area (Å²) in [5, 5.41) is 0. The zero-order chi connectivity index (χ0) is 13.5. The first-order valence-corrected chi connectivity index (χ1v) is 5.96. The van der Waals surface area contributed by atoms with Gasteiger partial charge in [-0.2, -0.15) is 0 Å².